The fraction of sp³-hybridized carbons (Fsp3) is 0.562. The minimum atomic E-state index is -2.90. The standard InChI is InChI=1S/C16H23F2N3O2.HI/c1-3-22-13-6-4-5-12(14(13)23-15(17)18)10-21-16(19-2)20-9-11-7-8-11;/h4-6,11,15H,3,7-10H2,1-2H3,(H2,19,20,21);1H. The average molecular weight is 455 g/mol. The highest BCUT2D eigenvalue weighted by Gasteiger charge is 2.21. The van der Waals surface area contributed by atoms with Crippen LogP contribution in [-0.4, -0.2) is 32.8 Å². The van der Waals surface area contributed by atoms with Crippen LogP contribution >= 0.6 is 24.0 Å². The molecule has 0 spiro atoms. The lowest BCUT2D eigenvalue weighted by Gasteiger charge is -2.17. The molecule has 1 fully saturated rings. The highest BCUT2D eigenvalue weighted by molar-refractivity contribution is 14.0. The van der Waals surface area contributed by atoms with Gasteiger partial charge >= 0.3 is 6.61 Å². The van der Waals surface area contributed by atoms with Gasteiger partial charge in [-0.15, -0.1) is 24.0 Å². The summed E-state index contributed by atoms with van der Waals surface area (Å²) in [5.41, 5.74) is 0.589. The van der Waals surface area contributed by atoms with Crippen LogP contribution in [0.1, 0.15) is 25.3 Å². The molecule has 2 N–H and O–H groups in total. The Balaban J connectivity index is 0.00000288. The first-order valence-electron chi connectivity index (χ1n) is 7.78. The van der Waals surface area contributed by atoms with Crippen LogP contribution in [0.15, 0.2) is 23.2 Å². The van der Waals surface area contributed by atoms with Crippen molar-refractivity contribution in [3.8, 4) is 11.5 Å². The zero-order chi connectivity index (χ0) is 16.7. The molecular formula is C16H24F2IN3O2. The predicted octanol–water partition coefficient (Wildman–Crippen LogP) is 3.38. The third-order valence-corrected chi connectivity index (χ3v) is 3.49. The zero-order valence-electron chi connectivity index (χ0n) is 13.9. The molecule has 1 saturated carbocycles. The summed E-state index contributed by atoms with van der Waals surface area (Å²) < 4.78 is 35.3. The molecule has 8 heteroatoms. The third-order valence-electron chi connectivity index (χ3n) is 3.49. The van der Waals surface area contributed by atoms with Crippen molar-refractivity contribution in [3.05, 3.63) is 23.8 Å². The Labute approximate surface area is 158 Å². The second-order valence-corrected chi connectivity index (χ2v) is 5.31. The molecule has 1 aliphatic carbocycles. The lowest BCUT2D eigenvalue weighted by Crippen LogP contribution is -2.37. The summed E-state index contributed by atoms with van der Waals surface area (Å²) in [5.74, 6) is 1.73. The highest BCUT2D eigenvalue weighted by Crippen LogP contribution is 2.32. The number of nitrogens with one attached hydrogen (secondary N) is 2. The number of hydrogen-bond donors (Lipinski definition) is 2. The predicted molar refractivity (Wildman–Crippen MR) is 101 cm³/mol. The van der Waals surface area contributed by atoms with Gasteiger partial charge in [-0.1, -0.05) is 12.1 Å². The highest BCUT2D eigenvalue weighted by atomic mass is 127. The fourth-order valence-electron chi connectivity index (χ4n) is 2.16. The Morgan fingerprint density at radius 1 is 1.33 bits per heavy atom. The zero-order valence-corrected chi connectivity index (χ0v) is 16.2. The van der Waals surface area contributed by atoms with Crippen molar-refractivity contribution in [2.24, 2.45) is 10.9 Å². The Bertz CT molecular complexity index is 540. The Morgan fingerprint density at radius 3 is 2.67 bits per heavy atom. The molecule has 0 atom stereocenters. The van der Waals surface area contributed by atoms with Crippen molar-refractivity contribution in [1.82, 2.24) is 10.6 Å². The van der Waals surface area contributed by atoms with Crippen LogP contribution in [0.3, 0.4) is 0 Å². The molecule has 0 saturated heterocycles. The molecule has 0 aromatic heterocycles. The van der Waals surface area contributed by atoms with E-state index in [1.807, 2.05) is 0 Å². The lowest BCUT2D eigenvalue weighted by molar-refractivity contribution is -0.0520. The third kappa shape index (κ3) is 6.66. The molecule has 1 aromatic rings. The minimum Gasteiger partial charge on any atom is -0.490 e. The van der Waals surface area contributed by atoms with E-state index in [0.29, 0.717) is 36.3 Å². The monoisotopic (exact) mass is 455 g/mol. The van der Waals surface area contributed by atoms with Crippen molar-refractivity contribution < 1.29 is 18.3 Å². The van der Waals surface area contributed by atoms with E-state index in [1.54, 1.807) is 32.2 Å². The van der Waals surface area contributed by atoms with Crippen LogP contribution in [0.5, 0.6) is 11.5 Å². The molecule has 0 aliphatic heterocycles. The number of halogens is 3. The first kappa shape index (κ1) is 20.7. The van der Waals surface area contributed by atoms with Gasteiger partial charge in [0.15, 0.2) is 17.5 Å². The molecule has 0 heterocycles. The summed E-state index contributed by atoms with van der Waals surface area (Å²) in [5, 5.41) is 6.33. The van der Waals surface area contributed by atoms with E-state index in [1.165, 1.54) is 12.8 Å². The van der Waals surface area contributed by atoms with Gasteiger partial charge < -0.3 is 20.1 Å². The molecule has 136 valence electrons. The molecule has 0 radical (unpaired) electrons. The Hall–Kier alpha value is -1.32. The van der Waals surface area contributed by atoms with E-state index >= 15 is 0 Å². The maximum Gasteiger partial charge on any atom is 0.387 e. The maximum atomic E-state index is 12.7. The van der Waals surface area contributed by atoms with Crippen molar-refractivity contribution in [2.45, 2.75) is 32.9 Å². The fourth-order valence-corrected chi connectivity index (χ4v) is 2.16. The van der Waals surface area contributed by atoms with Gasteiger partial charge in [0.05, 0.1) is 6.61 Å². The number of para-hydroxylation sites is 1. The van der Waals surface area contributed by atoms with Gasteiger partial charge in [-0.05, 0) is 31.7 Å². The van der Waals surface area contributed by atoms with E-state index in [9.17, 15) is 8.78 Å². The van der Waals surface area contributed by atoms with E-state index in [2.05, 4.69) is 20.4 Å². The number of rotatable bonds is 8. The van der Waals surface area contributed by atoms with Crippen molar-refractivity contribution in [3.63, 3.8) is 0 Å². The van der Waals surface area contributed by atoms with Gasteiger partial charge in [0.25, 0.3) is 0 Å². The second kappa shape index (κ2) is 10.5. The van der Waals surface area contributed by atoms with Crippen LogP contribution < -0.4 is 20.1 Å². The molecule has 0 bridgehead atoms. The van der Waals surface area contributed by atoms with Gasteiger partial charge in [0.1, 0.15) is 0 Å². The van der Waals surface area contributed by atoms with E-state index < -0.39 is 6.61 Å². The molecule has 1 aliphatic rings. The summed E-state index contributed by atoms with van der Waals surface area (Å²) in [4.78, 5) is 4.13. The van der Waals surface area contributed by atoms with Crippen molar-refractivity contribution in [2.75, 3.05) is 20.2 Å². The van der Waals surface area contributed by atoms with Crippen LogP contribution in [0.2, 0.25) is 0 Å². The average Bonchev–Trinajstić information content (AvgIpc) is 3.34. The number of hydrogen-bond acceptors (Lipinski definition) is 3. The molecule has 24 heavy (non-hydrogen) atoms. The summed E-state index contributed by atoms with van der Waals surface area (Å²) in [6, 6.07) is 5.09. The van der Waals surface area contributed by atoms with Crippen LogP contribution in [0.4, 0.5) is 8.78 Å². The van der Waals surface area contributed by atoms with Crippen molar-refractivity contribution >= 4 is 29.9 Å². The van der Waals surface area contributed by atoms with E-state index in [0.717, 1.165) is 6.54 Å². The second-order valence-electron chi connectivity index (χ2n) is 5.31. The first-order chi connectivity index (χ1) is 11.1. The van der Waals surface area contributed by atoms with Crippen molar-refractivity contribution in [1.29, 1.82) is 0 Å². The number of alkyl halides is 2. The quantitative estimate of drug-likeness (QED) is 0.359. The van der Waals surface area contributed by atoms with Gasteiger partial charge in [-0.2, -0.15) is 8.78 Å². The van der Waals surface area contributed by atoms with Gasteiger partial charge in [-0.25, -0.2) is 0 Å². The SMILES string of the molecule is CCOc1cccc(CNC(=NC)NCC2CC2)c1OC(F)F.I. The molecular weight excluding hydrogens is 431 g/mol. The molecule has 5 nitrogen and oxygen atoms in total. The lowest BCUT2D eigenvalue weighted by atomic mass is 10.2. The Kier molecular flexibility index (Phi) is 9.09. The molecule has 0 unspecified atom stereocenters. The molecule has 0 amide bonds. The van der Waals surface area contributed by atoms with Crippen LogP contribution in [0, 0.1) is 5.92 Å². The Morgan fingerprint density at radius 2 is 2.08 bits per heavy atom. The maximum absolute atomic E-state index is 12.7. The van der Waals surface area contributed by atoms with Gasteiger partial charge in [0, 0.05) is 25.7 Å². The van der Waals surface area contributed by atoms with E-state index in [4.69, 9.17) is 4.74 Å². The van der Waals surface area contributed by atoms with Gasteiger partial charge in [0.2, 0.25) is 0 Å². The van der Waals surface area contributed by atoms with E-state index in [-0.39, 0.29) is 29.7 Å². The topological polar surface area (TPSA) is 54.9 Å². The van der Waals surface area contributed by atoms with Gasteiger partial charge in [-0.3, -0.25) is 4.99 Å². The molecule has 1 aromatic carbocycles. The summed E-state index contributed by atoms with van der Waals surface area (Å²) >= 11 is 0. The summed E-state index contributed by atoms with van der Waals surface area (Å²) in [7, 11) is 1.68. The number of guanidine groups is 1. The number of nitrogens with zero attached hydrogens (tertiary/aromatic N) is 1. The number of ether oxygens (including phenoxy) is 2. The first-order valence-corrected chi connectivity index (χ1v) is 7.78. The van der Waals surface area contributed by atoms with Crippen LogP contribution in [0.25, 0.3) is 0 Å². The minimum absolute atomic E-state index is 0. The number of aliphatic imine (C=N–C) groups is 1. The van der Waals surface area contributed by atoms with Crippen LogP contribution in [-0.2, 0) is 6.54 Å². The largest absolute Gasteiger partial charge is 0.490 e. The summed E-state index contributed by atoms with van der Waals surface area (Å²) in [6.45, 7) is 0.455. The number of benzene rings is 1. The smallest absolute Gasteiger partial charge is 0.387 e. The molecule has 2 rings (SSSR count). The summed E-state index contributed by atoms with van der Waals surface area (Å²) in [6.07, 6.45) is 2.49. The normalized spacial score (nSPS) is 14.1.